The van der Waals surface area contributed by atoms with Crippen molar-refractivity contribution in [1.29, 1.82) is 0 Å². The van der Waals surface area contributed by atoms with Gasteiger partial charge in [0.2, 0.25) is 0 Å². The van der Waals surface area contributed by atoms with Crippen molar-refractivity contribution in [2.45, 2.75) is 13.2 Å². The first-order valence-electron chi connectivity index (χ1n) is 6.90. The fraction of sp³-hybridized carbons (Fsp3) is 0.188. The molecule has 0 aromatic heterocycles. The van der Waals surface area contributed by atoms with E-state index in [2.05, 4.69) is 4.74 Å². The SMILES string of the molecule is CN(Cc1cccc([N+](=O)[O-])c1)C(=O)c1ccc(OC(F)F)cc1. The Bertz CT molecular complexity index is 735. The monoisotopic (exact) mass is 336 g/mol. The summed E-state index contributed by atoms with van der Waals surface area (Å²) in [4.78, 5) is 23.9. The predicted molar refractivity (Wildman–Crippen MR) is 82.0 cm³/mol. The molecule has 0 radical (unpaired) electrons. The highest BCUT2D eigenvalue weighted by Gasteiger charge is 2.14. The molecular weight excluding hydrogens is 322 g/mol. The molecule has 0 aliphatic heterocycles. The molecule has 0 spiro atoms. The molecule has 0 heterocycles. The Morgan fingerprint density at radius 1 is 1.25 bits per heavy atom. The number of amides is 1. The topological polar surface area (TPSA) is 72.7 Å². The fourth-order valence-corrected chi connectivity index (χ4v) is 2.11. The van der Waals surface area contributed by atoms with Crippen LogP contribution in [0.15, 0.2) is 48.5 Å². The van der Waals surface area contributed by atoms with Crippen molar-refractivity contribution in [3.63, 3.8) is 0 Å². The van der Waals surface area contributed by atoms with Crippen LogP contribution in [-0.4, -0.2) is 29.4 Å². The number of hydrogen-bond donors (Lipinski definition) is 0. The van der Waals surface area contributed by atoms with Gasteiger partial charge in [0.15, 0.2) is 0 Å². The Morgan fingerprint density at radius 2 is 1.92 bits per heavy atom. The lowest BCUT2D eigenvalue weighted by molar-refractivity contribution is -0.384. The van der Waals surface area contributed by atoms with Crippen molar-refractivity contribution < 1.29 is 23.2 Å². The van der Waals surface area contributed by atoms with E-state index in [9.17, 15) is 23.7 Å². The number of nitro groups is 1. The zero-order valence-corrected chi connectivity index (χ0v) is 12.7. The molecule has 8 heteroatoms. The Hall–Kier alpha value is -3.03. The number of alkyl halides is 2. The van der Waals surface area contributed by atoms with Gasteiger partial charge in [-0.1, -0.05) is 12.1 Å². The molecule has 0 fully saturated rings. The van der Waals surface area contributed by atoms with Crippen LogP contribution in [0.3, 0.4) is 0 Å². The van der Waals surface area contributed by atoms with Crippen LogP contribution < -0.4 is 4.74 Å². The minimum atomic E-state index is -2.93. The molecule has 2 rings (SSSR count). The lowest BCUT2D eigenvalue weighted by Gasteiger charge is -2.17. The van der Waals surface area contributed by atoms with E-state index in [1.54, 1.807) is 19.2 Å². The number of hydrogen-bond acceptors (Lipinski definition) is 4. The van der Waals surface area contributed by atoms with E-state index in [1.165, 1.54) is 41.3 Å². The van der Waals surface area contributed by atoms with E-state index >= 15 is 0 Å². The molecule has 24 heavy (non-hydrogen) atoms. The fourth-order valence-electron chi connectivity index (χ4n) is 2.11. The molecule has 0 aliphatic carbocycles. The lowest BCUT2D eigenvalue weighted by Crippen LogP contribution is -2.26. The molecule has 0 atom stereocenters. The third-order valence-corrected chi connectivity index (χ3v) is 3.21. The molecular formula is C16H14F2N2O4. The second kappa shape index (κ2) is 7.49. The molecule has 2 aromatic carbocycles. The molecule has 6 nitrogen and oxygen atoms in total. The van der Waals surface area contributed by atoms with Crippen molar-refractivity contribution in [3.05, 3.63) is 69.8 Å². The summed E-state index contributed by atoms with van der Waals surface area (Å²) in [5.41, 5.74) is 0.851. The second-order valence-corrected chi connectivity index (χ2v) is 4.99. The summed E-state index contributed by atoms with van der Waals surface area (Å²) in [5.74, 6) is -0.381. The maximum absolute atomic E-state index is 12.3. The summed E-state index contributed by atoms with van der Waals surface area (Å²) in [7, 11) is 1.55. The van der Waals surface area contributed by atoms with Gasteiger partial charge in [-0.3, -0.25) is 14.9 Å². The summed E-state index contributed by atoms with van der Waals surface area (Å²) in [6, 6.07) is 11.3. The van der Waals surface area contributed by atoms with Crippen LogP contribution >= 0.6 is 0 Å². The van der Waals surface area contributed by atoms with Gasteiger partial charge >= 0.3 is 6.61 Å². The first kappa shape index (κ1) is 17.3. The van der Waals surface area contributed by atoms with E-state index < -0.39 is 11.5 Å². The van der Waals surface area contributed by atoms with Gasteiger partial charge in [-0.05, 0) is 29.8 Å². The molecule has 0 bridgehead atoms. The highest BCUT2D eigenvalue weighted by Crippen LogP contribution is 2.18. The Balaban J connectivity index is 2.06. The van der Waals surface area contributed by atoms with Crippen molar-refractivity contribution in [3.8, 4) is 5.75 Å². The number of carbonyl (C=O) groups is 1. The second-order valence-electron chi connectivity index (χ2n) is 4.99. The molecule has 1 amide bonds. The first-order chi connectivity index (χ1) is 11.4. The quantitative estimate of drug-likeness (QED) is 0.598. The van der Waals surface area contributed by atoms with Crippen LogP contribution in [0.5, 0.6) is 5.75 Å². The average Bonchev–Trinajstić information content (AvgIpc) is 2.54. The minimum Gasteiger partial charge on any atom is -0.435 e. The van der Waals surface area contributed by atoms with Crippen LogP contribution in [0, 0.1) is 10.1 Å². The van der Waals surface area contributed by atoms with Gasteiger partial charge in [0.1, 0.15) is 5.75 Å². The van der Waals surface area contributed by atoms with Gasteiger partial charge in [-0.25, -0.2) is 0 Å². The van der Waals surface area contributed by atoms with Crippen LogP contribution in [0.4, 0.5) is 14.5 Å². The van der Waals surface area contributed by atoms with E-state index in [1.807, 2.05) is 0 Å². The van der Waals surface area contributed by atoms with Gasteiger partial charge in [-0.15, -0.1) is 0 Å². The maximum atomic E-state index is 12.3. The van der Waals surface area contributed by atoms with Crippen LogP contribution in [0.25, 0.3) is 0 Å². The smallest absolute Gasteiger partial charge is 0.387 e. The molecule has 2 aromatic rings. The zero-order chi connectivity index (χ0) is 17.7. The van der Waals surface area contributed by atoms with Crippen molar-refractivity contribution in [1.82, 2.24) is 4.90 Å². The number of halogens is 2. The third kappa shape index (κ3) is 4.48. The standard InChI is InChI=1S/C16H14F2N2O4/c1-19(10-11-3-2-4-13(9-11)20(22)23)15(21)12-5-7-14(8-6-12)24-16(17)18/h2-9,16H,10H2,1H3. The largest absolute Gasteiger partial charge is 0.435 e. The predicted octanol–water partition coefficient (Wildman–Crippen LogP) is 3.47. The zero-order valence-electron chi connectivity index (χ0n) is 12.7. The van der Waals surface area contributed by atoms with Crippen molar-refractivity contribution in [2.24, 2.45) is 0 Å². The Morgan fingerprint density at radius 3 is 2.50 bits per heavy atom. The highest BCUT2D eigenvalue weighted by atomic mass is 19.3. The normalized spacial score (nSPS) is 10.5. The van der Waals surface area contributed by atoms with E-state index in [4.69, 9.17) is 0 Å². The van der Waals surface area contributed by atoms with Crippen LogP contribution in [-0.2, 0) is 6.54 Å². The maximum Gasteiger partial charge on any atom is 0.387 e. The lowest BCUT2D eigenvalue weighted by atomic mass is 10.1. The molecule has 0 aliphatic rings. The van der Waals surface area contributed by atoms with Gasteiger partial charge in [0, 0.05) is 31.3 Å². The van der Waals surface area contributed by atoms with E-state index in [0.717, 1.165) is 0 Å². The van der Waals surface area contributed by atoms with Crippen LogP contribution in [0.1, 0.15) is 15.9 Å². The molecule has 0 unspecified atom stereocenters. The average molecular weight is 336 g/mol. The molecule has 0 saturated carbocycles. The summed E-state index contributed by atoms with van der Waals surface area (Å²) in [6.07, 6.45) is 0. The van der Waals surface area contributed by atoms with Gasteiger partial charge < -0.3 is 9.64 Å². The number of non-ortho nitro benzene ring substituents is 1. The summed E-state index contributed by atoms with van der Waals surface area (Å²) < 4.78 is 28.4. The Kier molecular flexibility index (Phi) is 5.41. The van der Waals surface area contributed by atoms with Gasteiger partial charge in [-0.2, -0.15) is 8.78 Å². The number of benzene rings is 2. The number of rotatable bonds is 6. The Labute approximate surface area is 136 Å². The van der Waals surface area contributed by atoms with E-state index in [0.29, 0.717) is 11.1 Å². The van der Waals surface area contributed by atoms with Crippen LogP contribution in [0.2, 0.25) is 0 Å². The van der Waals surface area contributed by atoms with Crippen molar-refractivity contribution >= 4 is 11.6 Å². The number of nitrogens with zero attached hydrogens (tertiary/aromatic N) is 2. The third-order valence-electron chi connectivity index (χ3n) is 3.21. The number of carbonyl (C=O) groups excluding carboxylic acids is 1. The minimum absolute atomic E-state index is 0.0390. The molecule has 0 N–H and O–H groups in total. The highest BCUT2D eigenvalue weighted by molar-refractivity contribution is 5.94. The van der Waals surface area contributed by atoms with Gasteiger partial charge in [0.25, 0.3) is 11.6 Å². The summed E-state index contributed by atoms with van der Waals surface area (Å²) >= 11 is 0. The van der Waals surface area contributed by atoms with Crippen molar-refractivity contribution in [2.75, 3.05) is 7.05 Å². The molecule has 0 saturated heterocycles. The summed E-state index contributed by atoms with van der Waals surface area (Å²) in [5, 5.41) is 10.8. The summed E-state index contributed by atoms with van der Waals surface area (Å²) in [6.45, 7) is -2.75. The number of ether oxygens (including phenoxy) is 1. The van der Waals surface area contributed by atoms with Gasteiger partial charge in [0.05, 0.1) is 4.92 Å². The first-order valence-corrected chi connectivity index (χ1v) is 6.90. The number of nitro benzene ring substituents is 1. The van der Waals surface area contributed by atoms with E-state index in [-0.39, 0.29) is 23.9 Å². The molecule has 126 valence electrons.